The van der Waals surface area contributed by atoms with Gasteiger partial charge in [-0.2, -0.15) is 26.4 Å². The summed E-state index contributed by atoms with van der Waals surface area (Å²) in [4.78, 5) is 105. The highest BCUT2D eigenvalue weighted by Gasteiger charge is 2.37. The second-order valence-electron chi connectivity index (χ2n) is 23.4. The Morgan fingerprint density at radius 3 is 1.85 bits per heavy atom. The van der Waals surface area contributed by atoms with E-state index in [0.717, 1.165) is 79.8 Å². The molecule has 5 rings (SSSR count). The van der Waals surface area contributed by atoms with E-state index in [1.807, 2.05) is 6.92 Å². The fourth-order valence-corrected chi connectivity index (χ4v) is 97.6. The molecule has 7 unspecified atom stereocenters. The Morgan fingerprint density at radius 2 is 1.28 bits per heavy atom. The average Bonchev–Trinajstić information content (AvgIpc) is 1.64. The van der Waals surface area contributed by atoms with Gasteiger partial charge < -0.3 is 67.7 Å². The van der Waals surface area contributed by atoms with Crippen molar-refractivity contribution in [2.45, 2.75) is 127 Å². The number of nitrogens with zero attached hydrogens (tertiary/aromatic N) is 10. The molecule has 2 aliphatic heterocycles. The number of carbonyl (C=O) groups is 6. The molecule has 0 aliphatic carbocycles. The molecule has 1 saturated heterocycles. The van der Waals surface area contributed by atoms with Gasteiger partial charge in [-0.25, -0.2) is 20.2 Å². The van der Waals surface area contributed by atoms with E-state index in [1.165, 1.54) is 145 Å². The van der Waals surface area contributed by atoms with E-state index in [-0.39, 0.29) is 45.9 Å². The van der Waals surface area contributed by atoms with Gasteiger partial charge in [0, 0.05) is 229 Å². The number of unbranched alkanes of at least 4 members (excludes halogenated alkanes) is 3. The van der Waals surface area contributed by atoms with Crippen LogP contribution >= 0.6 is 33.3 Å². The maximum absolute atomic E-state index is 14.8. The van der Waals surface area contributed by atoms with Crippen LogP contribution in [0, 0.1) is 0 Å². The Labute approximate surface area is 867 Å². The number of amides is 4. The first-order valence-corrected chi connectivity index (χ1v) is 86.0. The van der Waals surface area contributed by atoms with Crippen LogP contribution in [0.25, 0.3) is 0 Å². The largest absolute Gasteiger partial charge is 0.508 e. The lowest BCUT2D eigenvalue weighted by atomic mass is 10.00. The molecular formula is C49H73N19O23S40. The van der Waals surface area contributed by atoms with E-state index >= 15 is 0 Å². The number of esters is 1. The van der Waals surface area contributed by atoms with Crippen LogP contribution in [0.4, 0.5) is 0 Å². The zero-order valence-corrected chi connectivity index (χ0v) is 98.5. The van der Waals surface area contributed by atoms with Crippen molar-refractivity contribution in [3.63, 3.8) is 0 Å². The number of rotatable bonds is 35. The number of aromatic hydroxyl groups is 2. The lowest BCUT2D eigenvalue weighted by molar-refractivity contribution is -0.851. The summed E-state index contributed by atoms with van der Waals surface area (Å²) in [6.45, 7) is 4.59. The lowest BCUT2D eigenvalue weighted by Crippen LogP contribution is -2.57. The first-order chi connectivity index (χ1) is 63.7. The fourth-order valence-electron chi connectivity index (χ4n) is 9.60. The van der Waals surface area contributed by atoms with Crippen LogP contribution in [0.3, 0.4) is 0 Å². The summed E-state index contributed by atoms with van der Waals surface area (Å²) in [5, 5.41) is 140. The third-order valence-electron chi connectivity index (χ3n) is 14.6. The monoisotopic (exact) mass is 2570 g/mol. The average molecular weight is 2580 g/mol. The zero-order chi connectivity index (χ0) is 94.7. The lowest BCUT2D eigenvalue weighted by Gasteiger charge is -2.30. The number of nitrogens with two attached hydrogens (primary N) is 1. The van der Waals surface area contributed by atoms with Crippen LogP contribution < -0.4 is 47.9 Å². The molecule has 2 aromatic heterocycles. The SMILES string of the molecule is CCCCCCC(C)(C)OC(=O)c1nc(OOOOOOOOOOO)c(C(NCC(=O)NC(CO)C(=O)NC2CNC(Cc3ccc(O)cc3)CN3CCCC3c3nc(O)c([nH]3)C(=S=S=S=S=S=S=S=S=S=S=S=S=S=S=S=S=S=S=S=S=S=S=S=S)NC(O)C(=O)NC(C(=O)NC(CCSC)C(=O)O)CSSC2)=S=S=S=S=S=S=S=S=S=S=S=S=S)n1/N=N/N=N/N=N/N. The number of aliphatic hydroxyl groups excluding tert-OH is 2. The molecule has 7 atom stereocenters. The molecule has 42 nitrogen and oxygen atoms in total. The summed E-state index contributed by atoms with van der Waals surface area (Å²) in [7, 11) is 54.8. The van der Waals surface area contributed by atoms with Gasteiger partial charge in [0.1, 0.15) is 51.0 Å². The predicted octanol–water partition coefficient (Wildman–Crippen LogP) is -0.352. The number of carbonyl (C=O) groups excluding carboxylic acids is 5. The standard InChI is InChI=1S/C49H73N19O23S40/c1-5-6-7-8-16-49(2,3)81-48(79)38-59-44(82-84-86-88-90-91-89-87-85-83-80)36(68(38)66-65-64-63-62-61-50)46(98-102-106-110-114-117-119-115-111-107-103-99-92)52-21-34(71)54-31(23-69)39(72)53-28-20-51-27(19-26-11-13-29(70)14-12-26)22-67-17-9-10-33(67)37-57-35(41(74)58-37)45(60-43(76)42(75)56-32(25-96-95-24-28)40(73)55-30(47(77)78)15-18-94-4)97-101-105-109-113-118-121-123-125-127-129-131-130-128-126-124-122-120-116-112-108-104-100-93/h11-14,27-28,30-33,43,51-52,60,69-70,74,76,80H,5-10,15-25H2,1-4H3,(H,53,72)(H,54,71)(H,55,73)(H,56,75)(H,57,58)(H,77,78)(H2,50,62,64,66). The molecule has 0 saturated carbocycles. The number of benzene rings is 1. The number of nitrogens with one attached hydrogen (secondary N) is 8. The van der Waals surface area contributed by atoms with Crippen molar-refractivity contribution in [2.75, 3.05) is 56.3 Å². The van der Waals surface area contributed by atoms with Crippen LogP contribution in [0.1, 0.15) is 112 Å². The summed E-state index contributed by atoms with van der Waals surface area (Å²) in [5.41, 5.74) is -0.645. The third-order valence-corrected chi connectivity index (χ3v) is 90.4. The molecule has 1 aromatic carbocycles. The summed E-state index contributed by atoms with van der Waals surface area (Å²) in [6, 6.07) is 0.349. The first kappa shape index (κ1) is 122. The highest BCUT2D eigenvalue weighted by molar-refractivity contribution is 8.80. The molecule has 2 aliphatic rings. The van der Waals surface area contributed by atoms with Crippen molar-refractivity contribution < 1.29 is 115 Å². The fraction of sp³-hybridized carbons (Fsp3) is 0.592. The summed E-state index contributed by atoms with van der Waals surface area (Å²) in [5.74, 6) is -2.43. The van der Waals surface area contributed by atoms with Gasteiger partial charge in [-0.05, 0) is 277 Å². The van der Waals surface area contributed by atoms with Crippen molar-refractivity contribution in [3.05, 3.63) is 52.9 Å². The van der Waals surface area contributed by atoms with E-state index in [9.17, 15) is 54.3 Å². The number of aromatic amines is 1. The number of H-pyrrole nitrogens is 1. The smallest absolute Gasteiger partial charge is 0.377 e. The number of phenols is 1. The van der Waals surface area contributed by atoms with Crippen molar-refractivity contribution in [1.82, 2.24) is 61.7 Å². The maximum Gasteiger partial charge on any atom is 0.377 e. The molecule has 4 amide bonds. The Kier molecular flexibility index (Phi) is 73.0. The van der Waals surface area contributed by atoms with E-state index in [2.05, 4.69) is 129 Å². The number of carboxylic acids is 1. The topological polar surface area (TPSA) is 559 Å². The number of aliphatic carboxylic acids is 1. The summed E-state index contributed by atoms with van der Waals surface area (Å²) in [6.07, 6.45) is 5.12. The number of carboxylic acid groups (broad SMARTS) is 1. The number of aromatic nitrogens is 4. The number of imidazole rings is 2. The van der Waals surface area contributed by atoms with Crippen LogP contribution in [-0.2, 0) is 416 Å². The van der Waals surface area contributed by atoms with Crippen LogP contribution in [0.2, 0.25) is 0 Å². The van der Waals surface area contributed by atoms with Gasteiger partial charge >= 0.3 is 11.9 Å². The van der Waals surface area contributed by atoms with Crippen molar-refractivity contribution >= 4 is 414 Å². The Hall–Kier alpha value is 0.750. The quantitative estimate of drug-likeness (QED) is 0.00523. The van der Waals surface area contributed by atoms with E-state index in [1.54, 1.807) is 195 Å². The molecule has 0 radical (unpaired) electrons. The number of fused-ring (bicyclic) bond motifs is 4. The minimum absolute atomic E-state index is 0.00340. The minimum atomic E-state index is -2.08. The first-order valence-electron chi connectivity index (χ1n) is 34.6. The molecule has 1 fully saturated rings. The van der Waals surface area contributed by atoms with Crippen LogP contribution in [0.5, 0.6) is 17.5 Å². The normalized spacial score (nSPS) is 16.3. The summed E-state index contributed by atoms with van der Waals surface area (Å²) < 4.78 is 6.75. The van der Waals surface area contributed by atoms with Gasteiger partial charge in [-0.15, -0.1) is 0 Å². The minimum Gasteiger partial charge on any atom is -0.508 e. The van der Waals surface area contributed by atoms with E-state index < -0.39 is 120 Å². The Balaban J connectivity index is 1.64. The second-order valence-corrected chi connectivity index (χ2v) is 87.4. The predicted molar refractivity (Wildman–Crippen MR) is 593 cm³/mol. The van der Waals surface area contributed by atoms with Gasteiger partial charge in [-0.1, -0.05) is 85.0 Å². The number of hydrogen-bond donors (Lipinski definition) is 15. The van der Waals surface area contributed by atoms with Crippen molar-refractivity contribution in [2.24, 2.45) is 37.2 Å². The maximum atomic E-state index is 14.8. The van der Waals surface area contributed by atoms with Gasteiger partial charge in [0.15, 0.2) is 11.9 Å². The van der Waals surface area contributed by atoms with Gasteiger partial charge in [0.25, 0.3) is 11.8 Å². The van der Waals surface area contributed by atoms with Gasteiger partial charge in [0.05, 0.1) is 25.2 Å². The number of ether oxygens (including phenoxy) is 1. The number of thioether (sulfide) groups is 1. The van der Waals surface area contributed by atoms with Crippen molar-refractivity contribution in [3.8, 4) is 17.5 Å². The summed E-state index contributed by atoms with van der Waals surface area (Å²) >= 11 is 11.1. The van der Waals surface area contributed by atoms with E-state index in [4.69, 9.17) is 48.1 Å². The molecule has 4 heterocycles. The van der Waals surface area contributed by atoms with Gasteiger partial charge in [-0.3, -0.25) is 34.3 Å². The Morgan fingerprint density at radius 1 is 0.710 bits per heavy atom. The van der Waals surface area contributed by atoms with Crippen LogP contribution in [-0.4, -0.2) is 199 Å². The number of hydrogen-bond acceptors (Lipinski definition) is 33. The van der Waals surface area contributed by atoms with E-state index in [0.29, 0.717) is 56.8 Å². The molecule has 131 heavy (non-hydrogen) atoms. The third kappa shape index (κ3) is 54.9. The highest BCUT2D eigenvalue weighted by atomic mass is 33.5. The second kappa shape index (κ2) is 78.2. The Bertz CT molecular complexity index is 6270. The molecule has 16 N–H and O–H groups in total. The zero-order valence-electron chi connectivity index (χ0n) is 65.9. The molecule has 0 spiro atoms. The number of phenolic OH excluding ortho intramolecular Hbond substituents is 1. The molecule has 3 aromatic rings. The van der Waals surface area contributed by atoms with Crippen LogP contribution in [0.15, 0.2) is 55.6 Å². The molecule has 742 valence electrons. The molecule has 2 bridgehead atoms. The molecular weight excluding hydrogens is 2510 g/mol. The molecule has 82 heteroatoms. The van der Waals surface area contributed by atoms with Crippen molar-refractivity contribution in [1.29, 1.82) is 0 Å². The van der Waals surface area contributed by atoms with Gasteiger partial charge in [0.2, 0.25) is 29.4 Å². The number of aliphatic hydroxyl groups is 2. The highest BCUT2D eigenvalue weighted by Crippen LogP contribution is 2.33.